The van der Waals surface area contributed by atoms with Crippen molar-refractivity contribution < 1.29 is 4.74 Å². The zero-order valence-electron chi connectivity index (χ0n) is 37.3. The quantitative estimate of drug-likeness (QED) is 0.172. The van der Waals surface area contributed by atoms with Crippen molar-refractivity contribution in [1.82, 2.24) is 28.7 Å². The van der Waals surface area contributed by atoms with Crippen molar-refractivity contribution in [3.63, 3.8) is 0 Å². The van der Waals surface area contributed by atoms with Gasteiger partial charge in [0, 0.05) is 67.0 Å². The fourth-order valence-corrected chi connectivity index (χ4v) is 11.9. The molecule has 10 nitrogen and oxygen atoms in total. The molecule has 1 atom stereocenters. The summed E-state index contributed by atoms with van der Waals surface area (Å²) in [5, 5.41) is 35.9. The summed E-state index contributed by atoms with van der Waals surface area (Å²) in [6.07, 6.45) is 5.55. The lowest BCUT2D eigenvalue weighted by Gasteiger charge is -2.40. The molecular formula is C61H31N9O. The lowest BCUT2D eigenvalue weighted by Crippen LogP contribution is -2.34. The van der Waals surface area contributed by atoms with Gasteiger partial charge in [0.2, 0.25) is 0 Å². The van der Waals surface area contributed by atoms with Gasteiger partial charge >= 0.3 is 0 Å². The van der Waals surface area contributed by atoms with Crippen molar-refractivity contribution in [2.75, 3.05) is 0 Å². The molecule has 6 aromatic heterocycles. The van der Waals surface area contributed by atoms with E-state index in [1.165, 1.54) is 0 Å². The Bertz CT molecular complexity index is 4690. The molecule has 1 aliphatic heterocycles. The second-order valence-corrected chi connectivity index (χ2v) is 18.1. The number of benzene rings is 7. The van der Waals surface area contributed by atoms with Crippen LogP contribution >= 0.6 is 0 Å². The van der Waals surface area contributed by atoms with Crippen LogP contribution in [-0.4, -0.2) is 28.7 Å². The number of ether oxygens (including phenoxy) is 1. The summed E-state index contributed by atoms with van der Waals surface area (Å²) in [6.45, 7) is 0. The number of hydrogen-bond acceptors (Lipinski definition) is 7. The molecule has 13 aromatic rings. The Hall–Kier alpha value is -10.3. The lowest BCUT2D eigenvalue weighted by molar-refractivity contribution is 0.435. The smallest absolute Gasteiger partial charge is 0.141 e. The summed E-state index contributed by atoms with van der Waals surface area (Å²) in [6, 6.07) is 64.6. The standard InChI is InChI=1S/C61H31N9O/c62-30-35-18-22-52-43(25-35)40-9-1-5-14-50(40)69(52)39-28-48-60(67-33-39)59-47(12-8-24-65-59)61(48)46-21-20-38(68-49-13-4-2-11-42(49)45-27-37(32-64)66-34-55(45)68)29-57(46)71-56-17-7-16-54(58(56)61)70-51-15-6-3-10-41(51)44-26-36(31-63)19-23-53(44)70/h1-29,33-34H. The molecule has 1 unspecified atom stereocenters. The van der Waals surface area contributed by atoms with Gasteiger partial charge in [-0.05, 0) is 96.6 Å². The first-order chi connectivity index (χ1) is 35.1. The van der Waals surface area contributed by atoms with E-state index in [9.17, 15) is 15.8 Å². The Morgan fingerprint density at radius 3 is 1.72 bits per heavy atom. The Kier molecular flexibility index (Phi) is 7.69. The van der Waals surface area contributed by atoms with Crippen molar-refractivity contribution in [2.45, 2.75) is 5.41 Å². The highest BCUT2D eigenvalue weighted by Crippen LogP contribution is 2.63. The van der Waals surface area contributed by atoms with Crippen molar-refractivity contribution in [2.24, 2.45) is 0 Å². The van der Waals surface area contributed by atoms with Crippen molar-refractivity contribution in [1.29, 1.82) is 15.8 Å². The highest BCUT2D eigenvalue weighted by molar-refractivity contribution is 6.12. The third-order valence-electron chi connectivity index (χ3n) is 14.7. The average Bonchev–Trinajstić information content (AvgIpc) is 4.14. The van der Waals surface area contributed by atoms with E-state index < -0.39 is 5.41 Å². The van der Waals surface area contributed by atoms with Crippen molar-refractivity contribution in [3.05, 3.63) is 228 Å². The molecule has 0 fully saturated rings. The van der Waals surface area contributed by atoms with Crippen LogP contribution in [0.5, 0.6) is 11.5 Å². The normalized spacial score (nSPS) is 14.3. The van der Waals surface area contributed by atoms with Crippen LogP contribution in [0.15, 0.2) is 188 Å². The summed E-state index contributed by atoms with van der Waals surface area (Å²) >= 11 is 0. The summed E-state index contributed by atoms with van der Waals surface area (Å²) < 4.78 is 14.1. The van der Waals surface area contributed by atoms with Crippen LogP contribution in [0.2, 0.25) is 0 Å². The van der Waals surface area contributed by atoms with E-state index in [1.54, 1.807) is 6.20 Å². The van der Waals surface area contributed by atoms with E-state index >= 15 is 0 Å². The highest BCUT2D eigenvalue weighted by Gasteiger charge is 2.54. The van der Waals surface area contributed by atoms with E-state index in [1.807, 2.05) is 91.3 Å². The SMILES string of the molecule is N#Cc1ccc2c(c1)c1ccccc1n2-c1cnc2c(c1)C1(c3ccc(-n4c5ccccc5c5cc(C#N)ncc54)cc3Oc3cccc(-n4c5ccccc5c5cc(C#N)ccc54)c31)c1cccnc1-2. The molecule has 10 heteroatoms. The molecule has 7 heterocycles. The van der Waals surface area contributed by atoms with Crippen LogP contribution in [0.3, 0.4) is 0 Å². The minimum absolute atomic E-state index is 0.352. The molecule has 1 spiro atoms. The van der Waals surface area contributed by atoms with Gasteiger partial charge in [-0.3, -0.25) is 9.97 Å². The molecule has 0 saturated heterocycles. The van der Waals surface area contributed by atoms with Crippen LogP contribution in [-0.2, 0) is 5.41 Å². The number of pyridine rings is 3. The monoisotopic (exact) mass is 905 g/mol. The predicted molar refractivity (Wildman–Crippen MR) is 274 cm³/mol. The molecule has 1 aliphatic carbocycles. The van der Waals surface area contributed by atoms with Gasteiger partial charge in [0.1, 0.15) is 23.3 Å². The number of nitrogens with zero attached hydrogens (tertiary/aromatic N) is 9. The van der Waals surface area contributed by atoms with E-state index in [0.717, 1.165) is 116 Å². The van der Waals surface area contributed by atoms with Gasteiger partial charge in [-0.2, -0.15) is 15.8 Å². The van der Waals surface area contributed by atoms with Gasteiger partial charge in [-0.1, -0.05) is 72.8 Å². The third-order valence-corrected chi connectivity index (χ3v) is 14.7. The van der Waals surface area contributed by atoms with Gasteiger partial charge < -0.3 is 18.4 Å². The van der Waals surface area contributed by atoms with Crippen LogP contribution in [0, 0.1) is 34.0 Å². The molecule has 0 N–H and O–H groups in total. The molecule has 71 heavy (non-hydrogen) atoms. The highest BCUT2D eigenvalue weighted by atomic mass is 16.5. The fourth-order valence-electron chi connectivity index (χ4n) is 11.9. The molecule has 0 radical (unpaired) electrons. The molecule has 2 aliphatic rings. The predicted octanol–water partition coefficient (Wildman–Crippen LogP) is 13.2. The summed E-state index contributed by atoms with van der Waals surface area (Å²) in [5.74, 6) is 1.33. The molecule has 15 rings (SSSR count). The first-order valence-electron chi connectivity index (χ1n) is 23.2. The second-order valence-electron chi connectivity index (χ2n) is 18.1. The number of nitriles is 3. The Morgan fingerprint density at radius 2 is 1.03 bits per heavy atom. The van der Waals surface area contributed by atoms with E-state index in [4.69, 9.17) is 14.7 Å². The third kappa shape index (κ3) is 5.03. The van der Waals surface area contributed by atoms with E-state index in [2.05, 4.69) is 128 Å². The first kappa shape index (κ1) is 38.7. The molecule has 0 saturated carbocycles. The Balaban J connectivity index is 1.07. The Labute approximate surface area is 404 Å². The van der Waals surface area contributed by atoms with Crippen LogP contribution in [0.4, 0.5) is 0 Å². The second kappa shape index (κ2) is 14.1. The zero-order chi connectivity index (χ0) is 47.1. The number of fused-ring (bicyclic) bond motifs is 18. The van der Waals surface area contributed by atoms with Gasteiger partial charge in [0.15, 0.2) is 0 Å². The topological polar surface area (TPSA) is 134 Å². The van der Waals surface area contributed by atoms with Gasteiger partial charge in [0.05, 0.1) is 96.9 Å². The molecule has 0 amide bonds. The maximum Gasteiger partial charge on any atom is 0.141 e. The average molecular weight is 906 g/mol. The maximum absolute atomic E-state index is 10.1. The van der Waals surface area contributed by atoms with Crippen molar-refractivity contribution in [3.8, 4) is 58.2 Å². The summed E-state index contributed by atoms with van der Waals surface area (Å²) in [4.78, 5) is 15.1. The number of para-hydroxylation sites is 3. The van der Waals surface area contributed by atoms with Gasteiger partial charge in [-0.15, -0.1) is 0 Å². The van der Waals surface area contributed by atoms with E-state index in [-0.39, 0.29) is 0 Å². The first-order valence-corrected chi connectivity index (χ1v) is 23.2. The number of hydrogen-bond donors (Lipinski definition) is 0. The molecular weight excluding hydrogens is 875 g/mol. The maximum atomic E-state index is 10.1. The minimum atomic E-state index is -1.05. The summed E-state index contributed by atoms with van der Waals surface area (Å²) in [7, 11) is 0. The van der Waals surface area contributed by atoms with E-state index in [0.29, 0.717) is 28.3 Å². The number of rotatable bonds is 3. The Morgan fingerprint density at radius 1 is 0.408 bits per heavy atom. The molecule has 0 bridgehead atoms. The van der Waals surface area contributed by atoms with Crippen LogP contribution in [0.1, 0.15) is 39.1 Å². The van der Waals surface area contributed by atoms with Crippen LogP contribution < -0.4 is 4.74 Å². The van der Waals surface area contributed by atoms with Crippen molar-refractivity contribution >= 4 is 65.4 Å². The largest absolute Gasteiger partial charge is 0.457 e. The molecule has 326 valence electrons. The van der Waals surface area contributed by atoms with Gasteiger partial charge in [-0.25, -0.2) is 4.98 Å². The lowest BCUT2D eigenvalue weighted by atomic mass is 9.65. The molecule has 7 aromatic carbocycles. The van der Waals surface area contributed by atoms with Crippen LogP contribution in [0.25, 0.3) is 93.9 Å². The van der Waals surface area contributed by atoms with Gasteiger partial charge in [0.25, 0.3) is 0 Å². The number of aromatic nitrogens is 6. The summed E-state index contributed by atoms with van der Waals surface area (Å²) in [5.41, 5.74) is 14.1. The minimum Gasteiger partial charge on any atom is -0.457 e. The zero-order valence-corrected chi connectivity index (χ0v) is 37.3. The fraction of sp³-hybridized carbons (Fsp3) is 0.0164.